The molecule has 1 aromatic rings. The van der Waals surface area contributed by atoms with Gasteiger partial charge in [-0.2, -0.15) is 0 Å². The largest absolute Gasteiger partial charge is 0.365 e. The van der Waals surface area contributed by atoms with Crippen molar-refractivity contribution in [3.63, 3.8) is 0 Å². The monoisotopic (exact) mass is 220 g/mol. The van der Waals surface area contributed by atoms with Crippen LogP contribution in [-0.4, -0.2) is 27.9 Å². The Labute approximate surface area is 92.7 Å². The molecule has 1 aromatic heterocycles. The van der Waals surface area contributed by atoms with Crippen LogP contribution in [0.4, 0.5) is 0 Å². The van der Waals surface area contributed by atoms with Gasteiger partial charge < -0.3 is 10.2 Å². The third-order valence-electron chi connectivity index (χ3n) is 2.38. The third kappa shape index (κ3) is 2.47. The standard InChI is InChI=1S/C10H12N4O2/c15-14(16)8-10-12-5-6-13(10)7-9-1-3-11-4-2-9/h1-4,8,12H,5-7H2/b10-8+. The summed E-state index contributed by atoms with van der Waals surface area (Å²) in [5.74, 6) is 0.571. The average Bonchev–Trinajstić information content (AvgIpc) is 2.66. The van der Waals surface area contributed by atoms with Crippen LogP contribution in [0.3, 0.4) is 0 Å². The molecular weight excluding hydrogens is 208 g/mol. The number of aromatic nitrogens is 1. The minimum atomic E-state index is -0.437. The Hall–Kier alpha value is -2.11. The number of nitro groups is 1. The molecule has 0 amide bonds. The highest BCUT2D eigenvalue weighted by molar-refractivity contribution is 5.12. The molecule has 0 atom stereocenters. The van der Waals surface area contributed by atoms with Crippen LogP contribution < -0.4 is 5.32 Å². The maximum absolute atomic E-state index is 10.4. The number of hydrogen-bond acceptors (Lipinski definition) is 5. The van der Waals surface area contributed by atoms with E-state index in [1.807, 2.05) is 17.0 Å². The summed E-state index contributed by atoms with van der Waals surface area (Å²) in [6, 6.07) is 3.81. The van der Waals surface area contributed by atoms with E-state index in [1.165, 1.54) is 0 Å². The number of nitrogens with zero attached hydrogens (tertiary/aromatic N) is 3. The Kier molecular flexibility index (Phi) is 3.00. The van der Waals surface area contributed by atoms with E-state index in [9.17, 15) is 10.1 Å². The van der Waals surface area contributed by atoms with Gasteiger partial charge in [0, 0.05) is 32.0 Å². The lowest BCUT2D eigenvalue weighted by Crippen LogP contribution is -2.20. The molecule has 1 aliphatic heterocycles. The normalized spacial score (nSPS) is 17.5. The van der Waals surface area contributed by atoms with Crippen molar-refractivity contribution >= 4 is 0 Å². The van der Waals surface area contributed by atoms with Crippen molar-refractivity contribution in [2.24, 2.45) is 0 Å². The molecule has 1 N–H and O–H groups in total. The summed E-state index contributed by atoms with van der Waals surface area (Å²) in [5.41, 5.74) is 1.09. The Balaban J connectivity index is 2.07. The summed E-state index contributed by atoms with van der Waals surface area (Å²) in [7, 11) is 0. The van der Waals surface area contributed by atoms with Crippen molar-refractivity contribution in [2.75, 3.05) is 13.1 Å². The first kappa shape index (κ1) is 10.4. The molecule has 0 unspecified atom stereocenters. The van der Waals surface area contributed by atoms with Crippen LogP contribution in [0.1, 0.15) is 5.56 Å². The highest BCUT2D eigenvalue weighted by atomic mass is 16.6. The fourth-order valence-electron chi connectivity index (χ4n) is 1.65. The summed E-state index contributed by atoms with van der Waals surface area (Å²) in [4.78, 5) is 15.8. The summed E-state index contributed by atoms with van der Waals surface area (Å²) in [5, 5.41) is 13.4. The minimum Gasteiger partial charge on any atom is -0.365 e. The molecular formula is C10H12N4O2. The fraction of sp³-hybridized carbons (Fsp3) is 0.300. The first-order chi connectivity index (χ1) is 7.75. The van der Waals surface area contributed by atoms with Crippen molar-refractivity contribution in [2.45, 2.75) is 6.54 Å². The Morgan fingerprint density at radius 2 is 2.31 bits per heavy atom. The number of pyridine rings is 1. The van der Waals surface area contributed by atoms with Crippen LogP contribution in [0.5, 0.6) is 0 Å². The van der Waals surface area contributed by atoms with Crippen molar-refractivity contribution in [1.82, 2.24) is 15.2 Å². The lowest BCUT2D eigenvalue weighted by atomic mass is 10.2. The molecule has 1 aliphatic rings. The van der Waals surface area contributed by atoms with Gasteiger partial charge in [0.25, 0.3) is 6.20 Å². The molecule has 2 rings (SSSR count). The van der Waals surface area contributed by atoms with Crippen molar-refractivity contribution < 1.29 is 4.92 Å². The van der Waals surface area contributed by atoms with Gasteiger partial charge in [-0.25, -0.2) is 0 Å². The van der Waals surface area contributed by atoms with E-state index in [1.54, 1.807) is 12.4 Å². The molecule has 1 saturated heterocycles. The van der Waals surface area contributed by atoms with Crippen LogP contribution in [0.15, 0.2) is 36.5 Å². The second-order valence-electron chi connectivity index (χ2n) is 3.50. The average molecular weight is 220 g/mol. The van der Waals surface area contributed by atoms with E-state index in [2.05, 4.69) is 10.3 Å². The van der Waals surface area contributed by atoms with Gasteiger partial charge in [-0.05, 0) is 17.7 Å². The van der Waals surface area contributed by atoms with Gasteiger partial charge in [0.05, 0.1) is 4.92 Å². The van der Waals surface area contributed by atoms with Crippen molar-refractivity contribution in [3.05, 3.63) is 52.2 Å². The van der Waals surface area contributed by atoms with Gasteiger partial charge in [0.15, 0.2) is 5.82 Å². The lowest BCUT2D eigenvalue weighted by molar-refractivity contribution is -0.404. The van der Waals surface area contributed by atoms with Crippen LogP contribution in [0.2, 0.25) is 0 Å². The first-order valence-corrected chi connectivity index (χ1v) is 4.99. The van der Waals surface area contributed by atoms with E-state index in [0.717, 1.165) is 24.9 Å². The zero-order valence-corrected chi connectivity index (χ0v) is 8.67. The molecule has 0 aliphatic carbocycles. The van der Waals surface area contributed by atoms with Gasteiger partial charge in [-0.1, -0.05) is 0 Å². The molecule has 6 nitrogen and oxygen atoms in total. The molecule has 1 fully saturated rings. The Morgan fingerprint density at radius 3 is 3.00 bits per heavy atom. The lowest BCUT2D eigenvalue weighted by Gasteiger charge is -2.16. The van der Waals surface area contributed by atoms with E-state index in [4.69, 9.17) is 0 Å². The van der Waals surface area contributed by atoms with Crippen molar-refractivity contribution in [3.8, 4) is 0 Å². The molecule has 84 valence electrons. The Bertz CT molecular complexity index is 405. The fourth-order valence-corrected chi connectivity index (χ4v) is 1.65. The van der Waals surface area contributed by atoms with Crippen LogP contribution in [0.25, 0.3) is 0 Å². The summed E-state index contributed by atoms with van der Waals surface area (Å²) in [6.07, 6.45) is 4.44. The maximum Gasteiger partial charge on any atom is 0.274 e. The second kappa shape index (κ2) is 4.61. The zero-order valence-electron chi connectivity index (χ0n) is 8.67. The van der Waals surface area contributed by atoms with E-state index >= 15 is 0 Å². The molecule has 0 radical (unpaired) electrons. The van der Waals surface area contributed by atoms with Gasteiger partial charge in [-0.15, -0.1) is 0 Å². The SMILES string of the molecule is O=[N+]([O-])/C=C1\NCCN1Cc1ccncc1. The summed E-state index contributed by atoms with van der Waals surface area (Å²) < 4.78 is 0. The summed E-state index contributed by atoms with van der Waals surface area (Å²) >= 11 is 0. The highest BCUT2D eigenvalue weighted by Crippen LogP contribution is 2.12. The molecule has 6 heteroatoms. The predicted octanol–water partition coefficient (Wildman–Crippen LogP) is 0.562. The molecule has 16 heavy (non-hydrogen) atoms. The smallest absolute Gasteiger partial charge is 0.274 e. The van der Waals surface area contributed by atoms with Gasteiger partial charge >= 0.3 is 0 Å². The topological polar surface area (TPSA) is 71.3 Å². The quantitative estimate of drug-likeness (QED) is 0.595. The summed E-state index contributed by atoms with van der Waals surface area (Å²) in [6.45, 7) is 2.18. The second-order valence-corrected chi connectivity index (χ2v) is 3.50. The first-order valence-electron chi connectivity index (χ1n) is 4.99. The maximum atomic E-state index is 10.4. The van der Waals surface area contributed by atoms with Crippen LogP contribution in [0, 0.1) is 10.1 Å². The third-order valence-corrected chi connectivity index (χ3v) is 2.38. The van der Waals surface area contributed by atoms with E-state index in [-0.39, 0.29) is 0 Å². The number of hydrogen-bond donors (Lipinski definition) is 1. The predicted molar refractivity (Wildman–Crippen MR) is 57.7 cm³/mol. The highest BCUT2D eigenvalue weighted by Gasteiger charge is 2.19. The molecule has 0 saturated carbocycles. The van der Waals surface area contributed by atoms with E-state index in [0.29, 0.717) is 12.4 Å². The number of nitrogens with one attached hydrogen (secondary N) is 1. The van der Waals surface area contributed by atoms with Crippen LogP contribution >= 0.6 is 0 Å². The molecule has 0 aromatic carbocycles. The molecule has 2 heterocycles. The molecule has 0 bridgehead atoms. The number of rotatable bonds is 3. The van der Waals surface area contributed by atoms with Crippen molar-refractivity contribution in [1.29, 1.82) is 0 Å². The van der Waals surface area contributed by atoms with Gasteiger partial charge in [-0.3, -0.25) is 15.1 Å². The van der Waals surface area contributed by atoms with Crippen LogP contribution in [-0.2, 0) is 6.54 Å². The molecule has 0 spiro atoms. The van der Waals surface area contributed by atoms with Gasteiger partial charge in [0.2, 0.25) is 0 Å². The van der Waals surface area contributed by atoms with E-state index < -0.39 is 4.92 Å². The van der Waals surface area contributed by atoms with Gasteiger partial charge in [0.1, 0.15) is 0 Å². The minimum absolute atomic E-state index is 0.437. The zero-order chi connectivity index (χ0) is 11.4. The Morgan fingerprint density at radius 1 is 1.56 bits per heavy atom.